The quantitative estimate of drug-likeness (QED) is 0.896. The fourth-order valence-electron chi connectivity index (χ4n) is 1.48. The van der Waals surface area contributed by atoms with Gasteiger partial charge < -0.3 is 10.5 Å². The van der Waals surface area contributed by atoms with Crippen LogP contribution in [-0.4, -0.2) is 17.3 Å². The molecular weight excluding hydrogens is 293 g/mol. The number of nitrogens with one attached hydrogen (secondary N) is 1. The number of rotatable bonds is 2. The first-order chi connectivity index (χ1) is 7.63. The van der Waals surface area contributed by atoms with E-state index in [0.29, 0.717) is 16.6 Å². The molecule has 1 aromatic heterocycles. The number of halogens is 2. The van der Waals surface area contributed by atoms with Crippen molar-refractivity contribution in [1.82, 2.24) is 10.2 Å². The maximum absolute atomic E-state index is 6.08. The molecule has 0 radical (unpaired) electrons. The molecule has 16 heavy (non-hydrogen) atoms. The van der Waals surface area contributed by atoms with E-state index in [4.69, 9.17) is 22.1 Å². The number of H-pyrrole nitrogens is 1. The minimum Gasteiger partial charge on any atom is -0.495 e. The summed E-state index contributed by atoms with van der Waals surface area (Å²) in [6, 6.07) is 3.64. The fraction of sp³-hybridized carbons (Fsp3) is 0.100. The molecule has 0 spiro atoms. The first-order valence-electron chi connectivity index (χ1n) is 4.45. The summed E-state index contributed by atoms with van der Waals surface area (Å²) in [7, 11) is 1.56. The van der Waals surface area contributed by atoms with Crippen molar-refractivity contribution in [2.24, 2.45) is 0 Å². The highest BCUT2D eigenvalue weighted by molar-refractivity contribution is 9.10. The van der Waals surface area contributed by atoms with E-state index in [-0.39, 0.29) is 0 Å². The van der Waals surface area contributed by atoms with Gasteiger partial charge in [-0.25, -0.2) is 0 Å². The Labute approximate surface area is 106 Å². The van der Waals surface area contributed by atoms with Crippen LogP contribution in [0.15, 0.2) is 22.8 Å². The summed E-state index contributed by atoms with van der Waals surface area (Å²) in [4.78, 5) is 0. The Morgan fingerprint density at radius 3 is 2.75 bits per heavy atom. The molecule has 0 aliphatic rings. The number of aromatic nitrogens is 2. The molecule has 4 nitrogen and oxygen atoms in total. The van der Waals surface area contributed by atoms with Crippen LogP contribution in [0.2, 0.25) is 5.02 Å². The van der Waals surface area contributed by atoms with Crippen molar-refractivity contribution >= 4 is 33.3 Å². The Morgan fingerprint density at radius 2 is 2.19 bits per heavy atom. The van der Waals surface area contributed by atoms with Crippen molar-refractivity contribution < 1.29 is 4.74 Å². The minimum atomic E-state index is 0.479. The predicted molar refractivity (Wildman–Crippen MR) is 67.7 cm³/mol. The lowest BCUT2D eigenvalue weighted by molar-refractivity contribution is 0.416. The molecule has 0 aliphatic carbocycles. The van der Waals surface area contributed by atoms with Crippen LogP contribution in [0, 0.1) is 0 Å². The summed E-state index contributed by atoms with van der Waals surface area (Å²) in [5.74, 6) is 1.06. The van der Waals surface area contributed by atoms with E-state index in [1.165, 1.54) is 0 Å². The average molecular weight is 303 g/mol. The lowest BCUT2D eigenvalue weighted by Crippen LogP contribution is -1.92. The van der Waals surface area contributed by atoms with Gasteiger partial charge in [-0.05, 0) is 12.1 Å². The highest BCUT2D eigenvalue weighted by Gasteiger charge is 2.14. The van der Waals surface area contributed by atoms with E-state index in [0.717, 1.165) is 15.6 Å². The number of nitrogens with zero attached hydrogens (tertiary/aromatic N) is 1. The number of hydrogen-bond acceptors (Lipinski definition) is 3. The third-order valence-corrected chi connectivity index (χ3v) is 2.91. The van der Waals surface area contributed by atoms with Gasteiger partial charge in [0.1, 0.15) is 11.6 Å². The molecule has 6 heteroatoms. The van der Waals surface area contributed by atoms with Crippen LogP contribution in [0.4, 0.5) is 5.82 Å². The van der Waals surface area contributed by atoms with Crippen LogP contribution in [0.1, 0.15) is 0 Å². The first kappa shape index (κ1) is 11.3. The monoisotopic (exact) mass is 301 g/mol. The predicted octanol–water partition coefficient (Wildman–Crippen LogP) is 3.08. The first-order valence-corrected chi connectivity index (χ1v) is 5.63. The summed E-state index contributed by atoms with van der Waals surface area (Å²) in [5, 5.41) is 7.06. The largest absolute Gasteiger partial charge is 0.495 e. The van der Waals surface area contributed by atoms with Crippen molar-refractivity contribution in [3.05, 3.63) is 27.8 Å². The van der Waals surface area contributed by atoms with Gasteiger partial charge >= 0.3 is 0 Å². The smallest absolute Gasteiger partial charge is 0.145 e. The van der Waals surface area contributed by atoms with Crippen LogP contribution in [-0.2, 0) is 0 Å². The van der Waals surface area contributed by atoms with E-state index in [1.807, 2.05) is 6.07 Å². The molecule has 1 heterocycles. The van der Waals surface area contributed by atoms with Gasteiger partial charge in [-0.15, -0.1) is 0 Å². The topological polar surface area (TPSA) is 63.9 Å². The average Bonchev–Trinajstić information content (AvgIpc) is 2.63. The minimum absolute atomic E-state index is 0.479. The molecule has 1 aromatic carbocycles. The molecule has 0 aliphatic heterocycles. The fourth-order valence-corrected chi connectivity index (χ4v) is 2.36. The van der Waals surface area contributed by atoms with E-state index < -0.39 is 0 Å². The normalized spacial score (nSPS) is 10.4. The Morgan fingerprint density at radius 1 is 1.44 bits per heavy atom. The van der Waals surface area contributed by atoms with Gasteiger partial charge in [0.2, 0.25) is 0 Å². The maximum atomic E-state index is 6.08. The molecule has 0 bridgehead atoms. The van der Waals surface area contributed by atoms with E-state index in [1.54, 1.807) is 19.4 Å². The number of nitrogens with two attached hydrogens (primary N) is 1. The van der Waals surface area contributed by atoms with E-state index >= 15 is 0 Å². The number of benzene rings is 1. The zero-order valence-corrected chi connectivity index (χ0v) is 10.8. The van der Waals surface area contributed by atoms with E-state index in [2.05, 4.69) is 26.1 Å². The molecule has 0 unspecified atom stereocenters. The van der Waals surface area contributed by atoms with Crippen molar-refractivity contribution in [2.75, 3.05) is 12.8 Å². The highest BCUT2D eigenvalue weighted by atomic mass is 79.9. The summed E-state index contributed by atoms with van der Waals surface area (Å²) in [6.45, 7) is 0. The number of anilines is 1. The molecule has 3 N–H and O–H groups in total. The second kappa shape index (κ2) is 4.35. The molecule has 0 fully saturated rings. The maximum Gasteiger partial charge on any atom is 0.145 e. The lowest BCUT2D eigenvalue weighted by atomic mass is 10.1. The Hall–Kier alpha value is -1.20. The van der Waals surface area contributed by atoms with Gasteiger partial charge in [-0.1, -0.05) is 27.5 Å². The third-order valence-electron chi connectivity index (χ3n) is 2.17. The molecule has 0 atom stereocenters. The molecular formula is C10H9BrClN3O. The van der Waals surface area contributed by atoms with Gasteiger partial charge in [-0.2, -0.15) is 5.10 Å². The van der Waals surface area contributed by atoms with Gasteiger partial charge in [-0.3, -0.25) is 5.10 Å². The number of aromatic amines is 1. The number of methoxy groups -OCH3 is 1. The third kappa shape index (κ3) is 1.88. The van der Waals surface area contributed by atoms with Gasteiger partial charge in [0.05, 0.1) is 18.3 Å². The van der Waals surface area contributed by atoms with Gasteiger partial charge in [0, 0.05) is 15.6 Å². The lowest BCUT2D eigenvalue weighted by Gasteiger charge is -2.10. The van der Waals surface area contributed by atoms with Crippen molar-refractivity contribution in [3.63, 3.8) is 0 Å². The number of nitrogen functional groups attached to an aromatic ring is 1. The Balaban J connectivity index is 2.68. The Kier molecular flexibility index (Phi) is 3.07. The summed E-state index contributed by atoms with van der Waals surface area (Å²) in [5.41, 5.74) is 7.33. The molecule has 2 rings (SSSR count). The van der Waals surface area contributed by atoms with Crippen LogP contribution < -0.4 is 10.5 Å². The Bertz CT molecular complexity index is 527. The molecule has 2 aromatic rings. The molecule has 0 saturated heterocycles. The number of ether oxygens (including phenoxy) is 1. The number of hydrogen-bond donors (Lipinski definition) is 2. The summed E-state index contributed by atoms with van der Waals surface area (Å²) in [6.07, 6.45) is 1.63. The van der Waals surface area contributed by atoms with Gasteiger partial charge in [0.15, 0.2) is 0 Å². The van der Waals surface area contributed by atoms with Crippen molar-refractivity contribution in [2.45, 2.75) is 0 Å². The molecule has 0 saturated carbocycles. The summed E-state index contributed by atoms with van der Waals surface area (Å²) < 4.78 is 6.12. The van der Waals surface area contributed by atoms with Crippen LogP contribution in [0.25, 0.3) is 11.1 Å². The van der Waals surface area contributed by atoms with Crippen molar-refractivity contribution in [3.8, 4) is 16.9 Å². The second-order valence-corrected chi connectivity index (χ2v) is 4.49. The van der Waals surface area contributed by atoms with Crippen LogP contribution >= 0.6 is 27.5 Å². The summed E-state index contributed by atoms with van der Waals surface area (Å²) >= 11 is 9.45. The van der Waals surface area contributed by atoms with Crippen LogP contribution in [0.5, 0.6) is 5.75 Å². The zero-order chi connectivity index (χ0) is 11.7. The van der Waals surface area contributed by atoms with E-state index in [9.17, 15) is 0 Å². The highest BCUT2D eigenvalue weighted by Crippen LogP contribution is 2.40. The SMILES string of the molecule is COc1c(Cl)cc(Br)cc1-c1cn[nH]c1N. The van der Waals surface area contributed by atoms with Gasteiger partial charge in [0.25, 0.3) is 0 Å². The van der Waals surface area contributed by atoms with Crippen LogP contribution in [0.3, 0.4) is 0 Å². The van der Waals surface area contributed by atoms with Crippen molar-refractivity contribution in [1.29, 1.82) is 0 Å². The standard InChI is InChI=1S/C10H9BrClN3O/c1-16-9-6(2-5(11)3-8(9)12)7-4-14-15-10(7)13/h2-4H,1H3,(H3,13,14,15). The zero-order valence-electron chi connectivity index (χ0n) is 8.42. The molecule has 0 amide bonds. The molecule has 84 valence electrons. The second-order valence-electron chi connectivity index (χ2n) is 3.17.